The fourth-order valence-corrected chi connectivity index (χ4v) is 4.36. The molecule has 4 rings (SSSR count). The Bertz CT molecular complexity index is 1260. The van der Waals surface area contributed by atoms with Gasteiger partial charge in [0.2, 0.25) is 0 Å². The Morgan fingerprint density at radius 3 is 2.72 bits per heavy atom. The molecule has 0 amide bonds. The molecule has 2 aromatic rings. The van der Waals surface area contributed by atoms with Crippen LogP contribution in [-0.4, -0.2) is 69.7 Å². The van der Waals surface area contributed by atoms with Gasteiger partial charge in [-0.1, -0.05) is 17.7 Å². The molecule has 0 saturated carbocycles. The van der Waals surface area contributed by atoms with Crippen molar-refractivity contribution in [2.75, 3.05) is 20.2 Å². The third-order valence-corrected chi connectivity index (χ3v) is 6.06. The predicted molar refractivity (Wildman–Crippen MR) is 120 cm³/mol. The van der Waals surface area contributed by atoms with Gasteiger partial charge in [-0.3, -0.25) is 9.69 Å². The smallest absolute Gasteiger partial charge is 0.480 e. The molecule has 2 atom stereocenters. The van der Waals surface area contributed by atoms with Crippen LogP contribution in [0.3, 0.4) is 0 Å². The molecular weight excluding hydrogens is 507 g/mol. The minimum Gasteiger partial charge on any atom is -0.480 e. The molecule has 1 aromatic heterocycles. The minimum absolute atomic E-state index is 0.0359. The molecule has 0 unspecified atom stereocenters. The summed E-state index contributed by atoms with van der Waals surface area (Å²) < 4.78 is 53.7. The van der Waals surface area contributed by atoms with Crippen molar-refractivity contribution in [3.8, 4) is 0 Å². The Kier molecular flexibility index (Phi) is 6.96. The van der Waals surface area contributed by atoms with Crippen molar-refractivity contribution in [1.82, 2.24) is 19.8 Å². The van der Waals surface area contributed by atoms with Crippen LogP contribution in [0.2, 0.25) is 5.02 Å². The van der Waals surface area contributed by atoms with Crippen LogP contribution in [0.1, 0.15) is 23.9 Å². The van der Waals surface area contributed by atoms with E-state index in [1.807, 2.05) is 0 Å². The number of carboxylic acid groups (broad SMARTS) is 1. The van der Waals surface area contributed by atoms with E-state index in [4.69, 9.17) is 16.3 Å². The zero-order valence-electron chi connectivity index (χ0n) is 19.0. The number of alkyl halides is 2. The molecule has 0 spiro atoms. The number of aromatic nitrogens is 2. The van der Waals surface area contributed by atoms with E-state index in [9.17, 15) is 27.9 Å². The lowest BCUT2D eigenvalue weighted by atomic mass is 10.0. The number of amidine groups is 1. The second kappa shape index (κ2) is 9.82. The Morgan fingerprint density at radius 2 is 2.11 bits per heavy atom. The highest BCUT2D eigenvalue weighted by Crippen LogP contribution is 2.38. The van der Waals surface area contributed by atoms with E-state index in [2.05, 4.69) is 20.0 Å². The number of benzene rings is 1. The number of nitrogens with zero attached hydrogens (tertiary/aromatic N) is 4. The first-order valence-corrected chi connectivity index (χ1v) is 11.0. The molecule has 3 heterocycles. The Labute approximate surface area is 208 Å². The van der Waals surface area contributed by atoms with Crippen LogP contribution >= 0.6 is 11.6 Å². The lowest BCUT2D eigenvalue weighted by molar-refractivity contribution is -0.142. The molecule has 2 aliphatic heterocycles. The largest absolute Gasteiger partial charge is 0.513 e. The summed E-state index contributed by atoms with van der Waals surface area (Å²) in [6, 6.07) is 0.890. The number of likely N-dealkylation sites (tertiary alicyclic amines) is 1. The first-order valence-electron chi connectivity index (χ1n) is 10.6. The van der Waals surface area contributed by atoms with Gasteiger partial charge in [-0.05, 0) is 12.1 Å². The van der Waals surface area contributed by atoms with Crippen molar-refractivity contribution in [1.29, 1.82) is 0 Å². The van der Waals surface area contributed by atoms with Gasteiger partial charge in [0.15, 0.2) is 17.4 Å². The lowest BCUT2D eigenvalue weighted by Gasteiger charge is -2.30. The van der Waals surface area contributed by atoms with Gasteiger partial charge in [-0.15, -0.1) is 0 Å². The highest BCUT2D eigenvalue weighted by molar-refractivity contribution is 6.31. The Hall–Kier alpha value is -3.58. The van der Waals surface area contributed by atoms with E-state index in [1.54, 1.807) is 17.8 Å². The maximum atomic E-state index is 14.2. The molecule has 14 heteroatoms. The number of hydrogen-bond donors (Lipinski definition) is 2. The summed E-state index contributed by atoms with van der Waals surface area (Å²) in [6.07, 6.45) is 1.14. The third-order valence-electron chi connectivity index (χ3n) is 5.74. The van der Waals surface area contributed by atoms with Gasteiger partial charge in [0.25, 0.3) is 5.92 Å². The van der Waals surface area contributed by atoms with Crippen molar-refractivity contribution in [2.24, 2.45) is 12.0 Å². The Balaban J connectivity index is 1.85. The number of halogens is 4. The van der Waals surface area contributed by atoms with E-state index in [0.29, 0.717) is 5.82 Å². The van der Waals surface area contributed by atoms with Gasteiger partial charge in [-0.2, -0.15) is 0 Å². The van der Waals surface area contributed by atoms with Gasteiger partial charge < -0.3 is 24.5 Å². The van der Waals surface area contributed by atoms with Crippen molar-refractivity contribution < 1.29 is 37.3 Å². The van der Waals surface area contributed by atoms with Crippen LogP contribution in [0, 0.1) is 5.82 Å². The fourth-order valence-electron chi connectivity index (χ4n) is 4.09. The highest BCUT2D eigenvalue weighted by Gasteiger charge is 2.49. The van der Waals surface area contributed by atoms with Gasteiger partial charge >= 0.3 is 12.1 Å². The number of carbonyl (C=O) groups is 2. The van der Waals surface area contributed by atoms with Crippen molar-refractivity contribution in [3.05, 3.63) is 64.3 Å². The van der Waals surface area contributed by atoms with Gasteiger partial charge in [0, 0.05) is 43.0 Å². The standard InChI is InChI=1S/C22H21ClF3N5O5/c1-30-6-5-27-19(30)18-28-14(9-31-10-22(25,26)8-15(31)20(32)33)17(36-21(34)35-2)16(29-18)12-4-3-11(24)7-13(12)23/h3-7,15-16H,8-10H2,1-2H3,(H,28,29)(H,32,33)/t15-,16+/m0/s1. The fraction of sp³-hybridized carbons (Fsp3) is 0.364. The van der Waals surface area contributed by atoms with Crippen LogP contribution in [0.25, 0.3) is 0 Å². The number of nitrogens with one attached hydrogen (secondary N) is 1. The van der Waals surface area contributed by atoms with Crippen molar-refractivity contribution in [3.63, 3.8) is 0 Å². The molecule has 10 nitrogen and oxygen atoms in total. The monoisotopic (exact) mass is 527 g/mol. The molecular formula is C22H21ClF3N5O5. The van der Waals surface area contributed by atoms with E-state index in [0.717, 1.165) is 24.1 Å². The first kappa shape index (κ1) is 25.5. The average molecular weight is 528 g/mol. The van der Waals surface area contributed by atoms with Crippen LogP contribution < -0.4 is 5.32 Å². The lowest BCUT2D eigenvalue weighted by Crippen LogP contribution is -2.43. The number of aliphatic imine (C=N–C) groups is 1. The summed E-state index contributed by atoms with van der Waals surface area (Å²) in [5.74, 6) is -4.94. The Morgan fingerprint density at radius 1 is 1.36 bits per heavy atom. The SMILES string of the molecule is COC(=O)OC1=C(CN2CC(F)(F)C[C@H]2C(=O)O)NC(c2nccn2C)=N[C@@H]1c1ccc(F)cc1Cl. The summed E-state index contributed by atoms with van der Waals surface area (Å²) in [5.41, 5.74) is 0.298. The molecule has 1 aromatic carbocycles. The van der Waals surface area contributed by atoms with E-state index in [-0.39, 0.29) is 34.4 Å². The maximum Gasteiger partial charge on any atom is 0.513 e. The molecule has 192 valence electrons. The zero-order valence-corrected chi connectivity index (χ0v) is 19.8. The number of imidazole rings is 1. The van der Waals surface area contributed by atoms with E-state index < -0.39 is 48.9 Å². The number of carboxylic acids is 1. The summed E-state index contributed by atoms with van der Waals surface area (Å²) in [7, 11) is 2.76. The number of aryl methyl sites for hydroxylation is 1. The number of carbonyl (C=O) groups excluding carboxylic acids is 1. The molecule has 36 heavy (non-hydrogen) atoms. The van der Waals surface area contributed by atoms with Gasteiger partial charge in [-0.25, -0.2) is 27.9 Å². The van der Waals surface area contributed by atoms with Crippen LogP contribution in [-0.2, 0) is 21.3 Å². The van der Waals surface area contributed by atoms with Crippen molar-refractivity contribution in [2.45, 2.75) is 24.4 Å². The second-order valence-electron chi connectivity index (χ2n) is 8.25. The highest BCUT2D eigenvalue weighted by atomic mass is 35.5. The molecule has 0 aliphatic carbocycles. The van der Waals surface area contributed by atoms with Crippen molar-refractivity contribution >= 4 is 29.6 Å². The second-order valence-corrected chi connectivity index (χ2v) is 8.66. The van der Waals surface area contributed by atoms with Crippen LogP contribution in [0.5, 0.6) is 0 Å². The number of ether oxygens (including phenoxy) is 2. The van der Waals surface area contributed by atoms with Crippen LogP contribution in [0.4, 0.5) is 18.0 Å². The zero-order chi connectivity index (χ0) is 26.2. The third kappa shape index (κ3) is 5.16. The molecule has 2 N–H and O–H groups in total. The number of hydrogen-bond acceptors (Lipinski definition) is 8. The van der Waals surface area contributed by atoms with E-state index in [1.165, 1.54) is 12.3 Å². The number of methoxy groups -OCH3 is 1. The first-order chi connectivity index (χ1) is 17.0. The summed E-state index contributed by atoms with van der Waals surface area (Å²) in [4.78, 5) is 33.7. The molecule has 1 fully saturated rings. The summed E-state index contributed by atoms with van der Waals surface area (Å²) >= 11 is 6.29. The number of aliphatic carboxylic acids is 1. The maximum absolute atomic E-state index is 14.2. The topological polar surface area (TPSA) is 118 Å². The summed E-state index contributed by atoms with van der Waals surface area (Å²) in [6.45, 7) is -1.21. The summed E-state index contributed by atoms with van der Waals surface area (Å²) in [5, 5.41) is 12.4. The van der Waals surface area contributed by atoms with Crippen LogP contribution in [0.15, 0.2) is 47.0 Å². The molecule has 2 aliphatic rings. The van der Waals surface area contributed by atoms with E-state index >= 15 is 0 Å². The quantitative estimate of drug-likeness (QED) is 0.550. The normalized spacial score (nSPS) is 21.7. The van der Waals surface area contributed by atoms with Gasteiger partial charge in [0.1, 0.15) is 17.9 Å². The molecule has 0 bridgehead atoms. The molecule has 1 saturated heterocycles. The predicted octanol–water partition coefficient (Wildman–Crippen LogP) is 3.09. The number of rotatable bonds is 6. The molecule has 0 radical (unpaired) electrons. The average Bonchev–Trinajstić information content (AvgIpc) is 3.36. The minimum atomic E-state index is -3.24. The van der Waals surface area contributed by atoms with Gasteiger partial charge in [0.05, 0.1) is 19.4 Å².